The molecule has 1 amide bonds. The van der Waals surface area contributed by atoms with Crippen LogP contribution in [0, 0.1) is 6.92 Å². The fourth-order valence-corrected chi connectivity index (χ4v) is 3.85. The van der Waals surface area contributed by atoms with Gasteiger partial charge in [0.1, 0.15) is 0 Å². The minimum Gasteiger partial charge on any atom is -0.351 e. The minimum atomic E-state index is 0.0334. The molecule has 0 bridgehead atoms. The Morgan fingerprint density at radius 3 is 2.44 bits per heavy atom. The zero-order valence-corrected chi connectivity index (χ0v) is 17.1. The number of nitrogens with one attached hydrogen (secondary N) is 1. The first kappa shape index (κ1) is 19.9. The number of nitrogens with zero attached hydrogens (tertiary/aromatic N) is 2. The van der Waals surface area contributed by atoms with Gasteiger partial charge in [-0.2, -0.15) is 0 Å². The summed E-state index contributed by atoms with van der Waals surface area (Å²) in [6.07, 6.45) is 2.03. The largest absolute Gasteiger partial charge is 0.351 e. The van der Waals surface area contributed by atoms with Gasteiger partial charge in [0.05, 0.1) is 0 Å². The van der Waals surface area contributed by atoms with Crippen molar-refractivity contribution < 1.29 is 4.79 Å². The summed E-state index contributed by atoms with van der Waals surface area (Å²) in [5.74, 6) is 0.0334. The lowest BCUT2D eigenvalue weighted by molar-refractivity contribution is 0.0933. The van der Waals surface area contributed by atoms with Crippen molar-refractivity contribution in [1.29, 1.82) is 0 Å². The predicted octanol–water partition coefficient (Wildman–Crippen LogP) is 3.26. The average Bonchev–Trinajstić information content (AvgIpc) is 2.70. The van der Waals surface area contributed by atoms with Gasteiger partial charge in [-0.15, -0.1) is 11.8 Å². The van der Waals surface area contributed by atoms with Crippen molar-refractivity contribution in [2.75, 3.05) is 45.5 Å². The second-order valence-corrected chi connectivity index (χ2v) is 7.92. The third kappa shape index (κ3) is 5.83. The molecule has 0 aromatic heterocycles. The Bertz CT molecular complexity index is 742. The van der Waals surface area contributed by atoms with Crippen LogP contribution in [0.25, 0.3) is 0 Å². The maximum Gasteiger partial charge on any atom is 0.251 e. The molecule has 0 unspecified atom stereocenters. The first-order chi connectivity index (χ1) is 13.2. The summed E-state index contributed by atoms with van der Waals surface area (Å²) < 4.78 is 0. The Hall–Kier alpha value is -1.82. The maximum atomic E-state index is 12.5. The van der Waals surface area contributed by atoms with Crippen LogP contribution in [-0.4, -0.2) is 61.2 Å². The number of rotatable bonds is 7. The third-order valence-corrected chi connectivity index (χ3v) is 5.84. The quantitative estimate of drug-likeness (QED) is 0.745. The van der Waals surface area contributed by atoms with Gasteiger partial charge in [0.25, 0.3) is 5.91 Å². The number of hydrogen-bond donors (Lipinski definition) is 1. The lowest BCUT2D eigenvalue weighted by atomic mass is 10.1. The average molecular weight is 384 g/mol. The van der Waals surface area contributed by atoms with E-state index in [2.05, 4.69) is 51.5 Å². The maximum absolute atomic E-state index is 12.5. The number of piperazine rings is 1. The van der Waals surface area contributed by atoms with E-state index < -0.39 is 0 Å². The Morgan fingerprint density at radius 1 is 1.04 bits per heavy atom. The molecule has 1 heterocycles. The van der Waals surface area contributed by atoms with E-state index in [0.717, 1.165) is 55.3 Å². The van der Waals surface area contributed by atoms with E-state index in [1.807, 2.05) is 25.3 Å². The summed E-state index contributed by atoms with van der Waals surface area (Å²) in [4.78, 5) is 18.5. The standard InChI is InChI=1S/C22H29N3OS/c1-18-8-9-20(27-2)16-21(18)22(26)23-10-11-24-12-14-25(15-13-24)17-19-6-4-3-5-7-19/h3-9,16H,10-15,17H2,1-2H3,(H,23,26). The number of hydrogen-bond acceptors (Lipinski definition) is 4. The van der Waals surface area contributed by atoms with Crippen LogP contribution in [0.5, 0.6) is 0 Å². The van der Waals surface area contributed by atoms with Crippen LogP contribution in [0.15, 0.2) is 53.4 Å². The van der Waals surface area contributed by atoms with E-state index in [1.54, 1.807) is 11.8 Å². The Kier molecular flexibility index (Phi) is 7.33. The highest BCUT2D eigenvalue weighted by molar-refractivity contribution is 7.98. The molecule has 5 heteroatoms. The molecule has 4 nitrogen and oxygen atoms in total. The second kappa shape index (κ2) is 9.93. The molecule has 0 atom stereocenters. The van der Waals surface area contributed by atoms with E-state index >= 15 is 0 Å². The molecule has 0 radical (unpaired) electrons. The van der Waals surface area contributed by atoms with Gasteiger partial charge in [-0.05, 0) is 36.4 Å². The SMILES string of the molecule is CSc1ccc(C)c(C(=O)NCCN2CCN(Cc3ccccc3)CC2)c1. The van der Waals surface area contributed by atoms with Gasteiger partial charge in [0, 0.05) is 56.3 Å². The summed E-state index contributed by atoms with van der Waals surface area (Å²) in [5, 5.41) is 3.09. The molecular formula is C22H29N3OS. The van der Waals surface area contributed by atoms with Crippen LogP contribution in [0.3, 0.4) is 0 Å². The van der Waals surface area contributed by atoms with E-state index in [0.29, 0.717) is 6.54 Å². The molecule has 27 heavy (non-hydrogen) atoms. The fourth-order valence-electron chi connectivity index (χ4n) is 3.41. The van der Waals surface area contributed by atoms with Gasteiger partial charge in [-0.1, -0.05) is 36.4 Å². The number of benzene rings is 2. The molecule has 2 aromatic rings. The summed E-state index contributed by atoms with van der Waals surface area (Å²) >= 11 is 1.66. The summed E-state index contributed by atoms with van der Waals surface area (Å²) in [5.41, 5.74) is 3.19. The van der Waals surface area contributed by atoms with Crippen molar-refractivity contribution in [1.82, 2.24) is 15.1 Å². The lowest BCUT2D eigenvalue weighted by Crippen LogP contribution is -2.48. The van der Waals surface area contributed by atoms with Crippen molar-refractivity contribution in [2.24, 2.45) is 0 Å². The summed E-state index contributed by atoms with van der Waals surface area (Å²) in [6.45, 7) is 8.90. The van der Waals surface area contributed by atoms with Gasteiger partial charge >= 0.3 is 0 Å². The number of aryl methyl sites for hydroxylation is 1. The zero-order chi connectivity index (χ0) is 19.1. The Labute approximate surface area is 166 Å². The molecule has 0 saturated carbocycles. The van der Waals surface area contributed by atoms with Gasteiger partial charge in [0.15, 0.2) is 0 Å². The van der Waals surface area contributed by atoms with E-state index in [-0.39, 0.29) is 5.91 Å². The van der Waals surface area contributed by atoms with Crippen LogP contribution in [-0.2, 0) is 6.54 Å². The van der Waals surface area contributed by atoms with E-state index in [4.69, 9.17) is 0 Å². The number of thioether (sulfide) groups is 1. The number of carbonyl (C=O) groups excluding carboxylic acids is 1. The number of amides is 1. The van der Waals surface area contributed by atoms with Crippen LogP contribution in [0.2, 0.25) is 0 Å². The second-order valence-electron chi connectivity index (χ2n) is 7.04. The van der Waals surface area contributed by atoms with Crippen molar-refractivity contribution in [3.8, 4) is 0 Å². The molecule has 1 fully saturated rings. The zero-order valence-electron chi connectivity index (χ0n) is 16.3. The number of carbonyl (C=O) groups is 1. The van der Waals surface area contributed by atoms with Crippen molar-refractivity contribution in [3.63, 3.8) is 0 Å². The molecule has 3 rings (SSSR count). The first-order valence-corrected chi connectivity index (χ1v) is 10.8. The Morgan fingerprint density at radius 2 is 1.74 bits per heavy atom. The highest BCUT2D eigenvalue weighted by atomic mass is 32.2. The smallest absolute Gasteiger partial charge is 0.251 e. The molecule has 0 spiro atoms. The van der Waals surface area contributed by atoms with Gasteiger partial charge in [0.2, 0.25) is 0 Å². The molecule has 1 N–H and O–H groups in total. The molecule has 1 saturated heterocycles. The van der Waals surface area contributed by atoms with E-state index in [9.17, 15) is 4.79 Å². The molecule has 144 valence electrons. The van der Waals surface area contributed by atoms with Crippen molar-refractivity contribution >= 4 is 17.7 Å². The molecule has 1 aliphatic heterocycles. The van der Waals surface area contributed by atoms with Crippen LogP contribution >= 0.6 is 11.8 Å². The van der Waals surface area contributed by atoms with Crippen LogP contribution < -0.4 is 5.32 Å². The summed E-state index contributed by atoms with van der Waals surface area (Å²) in [6, 6.07) is 16.7. The Balaban J connectivity index is 1.40. The van der Waals surface area contributed by atoms with Crippen molar-refractivity contribution in [2.45, 2.75) is 18.4 Å². The van der Waals surface area contributed by atoms with E-state index in [1.165, 1.54) is 5.56 Å². The molecular weight excluding hydrogens is 354 g/mol. The fraction of sp³-hybridized carbons (Fsp3) is 0.409. The topological polar surface area (TPSA) is 35.6 Å². The summed E-state index contributed by atoms with van der Waals surface area (Å²) in [7, 11) is 0. The van der Waals surface area contributed by atoms with Crippen molar-refractivity contribution in [3.05, 3.63) is 65.2 Å². The minimum absolute atomic E-state index is 0.0334. The normalized spacial score (nSPS) is 15.6. The predicted molar refractivity (Wildman–Crippen MR) is 113 cm³/mol. The monoisotopic (exact) mass is 383 g/mol. The van der Waals surface area contributed by atoms with Gasteiger partial charge in [-0.25, -0.2) is 0 Å². The molecule has 2 aromatic carbocycles. The third-order valence-electron chi connectivity index (χ3n) is 5.12. The van der Waals surface area contributed by atoms with Gasteiger partial charge in [-0.3, -0.25) is 14.6 Å². The highest BCUT2D eigenvalue weighted by Crippen LogP contribution is 2.19. The van der Waals surface area contributed by atoms with Gasteiger partial charge < -0.3 is 5.32 Å². The lowest BCUT2D eigenvalue weighted by Gasteiger charge is -2.34. The van der Waals surface area contributed by atoms with Crippen LogP contribution in [0.1, 0.15) is 21.5 Å². The highest BCUT2D eigenvalue weighted by Gasteiger charge is 2.17. The van der Waals surface area contributed by atoms with Crippen LogP contribution in [0.4, 0.5) is 0 Å². The molecule has 1 aliphatic rings. The molecule has 0 aliphatic carbocycles. The first-order valence-electron chi connectivity index (χ1n) is 9.57.